The standard InChI is InChI=1S/C16H22N2O4/c1-5-7-15-17-10-8-13(21-3)14(22-4)9-12(10)18(15)11(6-2)16(19)20/h8-9,11H,5-7H2,1-4H3,(H,19,20). The Morgan fingerprint density at radius 1 is 1.27 bits per heavy atom. The average Bonchev–Trinajstić information content (AvgIpc) is 2.84. The van der Waals surface area contributed by atoms with E-state index in [0.717, 1.165) is 29.7 Å². The molecule has 0 aliphatic carbocycles. The van der Waals surface area contributed by atoms with Gasteiger partial charge in [-0.1, -0.05) is 13.8 Å². The summed E-state index contributed by atoms with van der Waals surface area (Å²) < 4.78 is 12.4. The van der Waals surface area contributed by atoms with Crippen LogP contribution in [0.1, 0.15) is 38.6 Å². The fourth-order valence-corrected chi connectivity index (χ4v) is 2.69. The Labute approximate surface area is 129 Å². The van der Waals surface area contributed by atoms with Crippen LogP contribution in [0, 0.1) is 0 Å². The number of carboxylic acids is 1. The molecule has 2 aromatic rings. The first-order chi connectivity index (χ1) is 10.6. The summed E-state index contributed by atoms with van der Waals surface area (Å²) in [5.41, 5.74) is 1.48. The Morgan fingerprint density at radius 3 is 2.41 bits per heavy atom. The Balaban J connectivity index is 2.74. The van der Waals surface area contributed by atoms with E-state index in [1.807, 2.05) is 18.4 Å². The summed E-state index contributed by atoms with van der Waals surface area (Å²) in [6.45, 7) is 3.91. The number of benzene rings is 1. The first-order valence-corrected chi connectivity index (χ1v) is 7.42. The Hall–Kier alpha value is -2.24. The first kappa shape index (κ1) is 16.1. The summed E-state index contributed by atoms with van der Waals surface area (Å²) in [5.74, 6) is 1.08. The molecule has 120 valence electrons. The second-order valence-electron chi connectivity index (χ2n) is 5.11. The zero-order valence-corrected chi connectivity index (χ0v) is 13.4. The maximum Gasteiger partial charge on any atom is 0.326 e. The van der Waals surface area contributed by atoms with Gasteiger partial charge in [-0.05, 0) is 12.8 Å². The van der Waals surface area contributed by atoms with Crippen LogP contribution in [0.3, 0.4) is 0 Å². The predicted molar refractivity (Wildman–Crippen MR) is 83.8 cm³/mol. The molecule has 0 bridgehead atoms. The molecule has 0 spiro atoms. The Morgan fingerprint density at radius 2 is 1.91 bits per heavy atom. The number of hydrogen-bond acceptors (Lipinski definition) is 4. The Kier molecular flexibility index (Phi) is 4.90. The fraction of sp³-hybridized carbons (Fsp3) is 0.500. The number of hydrogen-bond donors (Lipinski definition) is 1. The summed E-state index contributed by atoms with van der Waals surface area (Å²) in [7, 11) is 3.13. The van der Waals surface area contributed by atoms with Gasteiger partial charge in [0.05, 0.1) is 25.3 Å². The molecule has 6 heteroatoms. The van der Waals surface area contributed by atoms with E-state index in [4.69, 9.17) is 9.47 Å². The lowest BCUT2D eigenvalue weighted by molar-refractivity contribution is -0.140. The number of carboxylic acid groups (broad SMARTS) is 1. The van der Waals surface area contributed by atoms with Crippen molar-refractivity contribution in [1.82, 2.24) is 9.55 Å². The van der Waals surface area contributed by atoms with Gasteiger partial charge in [0.1, 0.15) is 11.9 Å². The van der Waals surface area contributed by atoms with Crippen LogP contribution in [0.15, 0.2) is 12.1 Å². The van der Waals surface area contributed by atoms with E-state index >= 15 is 0 Å². The number of aliphatic carboxylic acids is 1. The minimum Gasteiger partial charge on any atom is -0.493 e. The number of aryl methyl sites for hydroxylation is 1. The van der Waals surface area contributed by atoms with Crippen LogP contribution in [0.2, 0.25) is 0 Å². The molecule has 0 amide bonds. The van der Waals surface area contributed by atoms with Crippen molar-refractivity contribution in [2.24, 2.45) is 0 Å². The van der Waals surface area contributed by atoms with Crippen LogP contribution in [-0.2, 0) is 11.2 Å². The molecule has 1 heterocycles. The summed E-state index contributed by atoms with van der Waals surface area (Å²) in [6, 6.07) is 2.95. The highest BCUT2D eigenvalue weighted by molar-refractivity contribution is 5.83. The highest BCUT2D eigenvalue weighted by Gasteiger charge is 2.24. The normalized spacial score (nSPS) is 12.4. The number of fused-ring (bicyclic) bond motifs is 1. The second-order valence-corrected chi connectivity index (χ2v) is 5.11. The monoisotopic (exact) mass is 306 g/mol. The lowest BCUT2D eigenvalue weighted by Gasteiger charge is -2.16. The summed E-state index contributed by atoms with van der Waals surface area (Å²) in [5, 5.41) is 9.52. The number of nitrogens with zero attached hydrogens (tertiary/aromatic N) is 2. The number of rotatable bonds is 7. The zero-order chi connectivity index (χ0) is 16.3. The average molecular weight is 306 g/mol. The van der Waals surface area contributed by atoms with Gasteiger partial charge in [0.25, 0.3) is 0 Å². The third-order valence-corrected chi connectivity index (χ3v) is 3.72. The first-order valence-electron chi connectivity index (χ1n) is 7.42. The van der Waals surface area contributed by atoms with E-state index in [0.29, 0.717) is 17.9 Å². The largest absolute Gasteiger partial charge is 0.493 e. The molecule has 2 rings (SSSR count). The number of carbonyl (C=O) groups is 1. The van der Waals surface area contributed by atoms with Gasteiger partial charge in [0.15, 0.2) is 11.5 Å². The van der Waals surface area contributed by atoms with E-state index in [1.165, 1.54) is 0 Å². The molecule has 0 radical (unpaired) electrons. The summed E-state index contributed by atoms with van der Waals surface area (Å²) >= 11 is 0. The van der Waals surface area contributed by atoms with Gasteiger partial charge in [-0.2, -0.15) is 0 Å². The fourth-order valence-electron chi connectivity index (χ4n) is 2.69. The van der Waals surface area contributed by atoms with Gasteiger partial charge in [-0.25, -0.2) is 9.78 Å². The molecule has 1 aromatic heterocycles. The van der Waals surface area contributed by atoms with Crippen LogP contribution < -0.4 is 9.47 Å². The Bertz CT molecular complexity index is 678. The van der Waals surface area contributed by atoms with Gasteiger partial charge in [-0.3, -0.25) is 0 Å². The van der Waals surface area contributed by atoms with Crippen molar-refractivity contribution in [2.45, 2.75) is 39.2 Å². The van der Waals surface area contributed by atoms with Crippen molar-refractivity contribution in [3.63, 3.8) is 0 Å². The van der Waals surface area contributed by atoms with Crippen molar-refractivity contribution in [1.29, 1.82) is 0 Å². The topological polar surface area (TPSA) is 73.6 Å². The van der Waals surface area contributed by atoms with Gasteiger partial charge >= 0.3 is 5.97 Å². The van der Waals surface area contributed by atoms with Gasteiger partial charge in [0.2, 0.25) is 0 Å². The highest BCUT2D eigenvalue weighted by atomic mass is 16.5. The van der Waals surface area contributed by atoms with Gasteiger partial charge in [-0.15, -0.1) is 0 Å². The molecule has 1 N–H and O–H groups in total. The van der Waals surface area contributed by atoms with E-state index in [-0.39, 0.29) is 0 Å². The molecule has 1 aromatic carbocycles. The third kappa shape index (κ3) is 2.73. The van der Waals surface area contributed by atoms with Crippen molar-refractivity contribution in [3.05, 3.63) is 18.0 Å². The van der Waals surface area contributed by atoms with Crippen LogP contribution in [0.25, 0.3) is 11.0 Å². The summed E-state index contributed by atoms with van der Waals surface area (Å²) in [4.78, 5) is 16.2. The predicted octanol–water partition coefficient (Wildman–Crippen LogP) is 3.04. The minimum atomic E-state index is -0.853. The molecular formula is C16H22N2O4. The van der Waals surface area contributed by atoms with Crippen LogP contribution in [0.4, 0.5) is 0 Å². The minimum absolute atomic E-state index is 0.492. The molecule has 0 aliphatic heterocycles. The van der Waals surface area contributed by atoms with Crippen LogP contribution >= 0.6 is 0 Å². The molecule has 1 unspecified atom stereocenters. The zero-order valence-electron chi connectivity index (χ0n) is 13.4. The molecule has 0 saturated carbocycles. The molecule has 6 nitrogen and oxygen atoms in total. The van der Waals surface area contributed by atoms with E-state index < -0.39 is 12.0 Å². The molecule has 0 saturated heterocycles. The summed E-state index contributed by atoms with van der Waals surface area (Å²) in [6.07, 6.45) is 2.11. The van der Waals surface area contributed by atoms with Gasteiger partial charge in [0, 0.05) is 18.6 Å². The smallest absolute Gasteiger partial charge is 0.326 e. The van der Waals surface area contributed by atoms with Crippen molar-refractivity contribution in [3.8, 4) is 11.5 Å². The molecule has 1 atom stereocenters. The lowest BCUT2D eigenvalue weighted by Crippen LogP contribution is -2.20. The maximum absolute atomic E-state index is 11.6. The van der Waals surface area contributed by atoms with Crippen LogP contribution in [0.5, 0.6) is 11.5 Å². The second kappa shape index (κ2) is 6.68. The lowest BCUT2D eigenvalue weighted by atomic mass is 10.2. The highest BCUT2D eigenvalue weighted by Crippen LogP contribution is 2.34. The van der Waals surface area contributed by atoms with Crippen molar-refractivity contribution >= 4 is 17.0 Å². The van der Waals surface area contributed by atoms with Crippen LogP contribution in [-0.4, -0.2) is 34.8 Å². The SMILES string of the molecule is CCCc1nc2cc(OC)c(OC)cc2n1C(CC)C(=O)O. The molecular weight excluding hydrogens is 284 g/mol. The number of imidazole rings is 1. The van der Waals surface area contributed by atoms with E-state index in [1.54, 1.807) is 26.4 Å². The number of aromatic nitrogens is 2. The van der Waals surface area contributed by atoms with E-state index in [9.17, 15) is 9.90 Å². The maximum atomic E-state index is 11.6. The molecule has 0 fully saturated rings. The molecule has 22 heavy (non-hydrogen) atoms. The number of ether oxygens (including phenoxy) is 2. The number of methoxy groups -OCH3 is 2. The van der Waals surface area contributed by atoms with Crippen molar-refractivity contribution in [2.75, 3.05) is 14.2 Å². The third-order valence-electron chi connectivity index (χ3n) is 3.72. The molecule has 0 aliphatic rings. The quantitative estimate of drug-likeness (QED) is 0.851. The van der Waals surface area contributed by atoms with Crippen molar-refractivity contribution < 1.29 is 19.4 Å². The van der Waals surface area contributed by atoms with E-state index in [2.05, 4.69) is 4.98 Å². The van der Waals surface area contributed by atoms with Gasteiger partial charge < -0.3 is 19.1 Å².